The van der Waals surface area contributed by atoms with Crippen LogP contribution in [-0.4, -0.2) is 17.9 Å². The van der Waals surface area contributed by atoms with Gasteiger partial charge in [-0.3, -0.25) is 5.32 Å². The van der Waals surface area contributed by atoms with Crippen LogP contribution in [0, 0.1) is 11.7 Å². The molecule has 0 spiro atoms. The van der Waals surface area contributed by atoms with E-state index in [1.165, 1.54) is 12.1 Å². The zero-order valence-electron chi connectivity index (χ0n) is 8.62. The first kappa shape index (κ1) is 10.6. The maximum Gasteiger partial charge on any atom is 0.123 e. The Morgan fingerprint density at radius 1 is 1.33 bits per heavy atom. The fourth-order valence-electron chi connectivity index (χ4n) is 2.11. The van der Waals surface area contributed by atoms with Crippen LogP contribution in [0.15, 0.2) is 24.3 Å². The van der Waals surface area contributed by atoms with E-state index in [4.69, 9.17) is 0 Å². The molecule has 2 atom stereocenters. The van der Waals surface area contributed by atoms with Gasteiger partial charge in [0.1, 0.15) is 12.0 Å². The monoisotopic (exact) mass is 209 g/mol. The molecule has 3 heteroatoms. The van der Waals surface area contributed by atoms with E-state index in [2.05, 4.69) is 5.32 Å². The highest BCUT2D eigenvalue weighted by atomic mass is 19.1. The number of hydrogen-bond acceptors (Lipinski definition) is 2. The van der Waals surface area contributed by atoms with Crippen molar-refractivity contribution in [1.29, 1.82) is 0 Å². The minimum absolute atomic E-state index is 0.191. The topological polar surface area (TPSA) is 32.3 Å². The minimum atomic E-state index is -0.371. The third-order valence-corrected chi connectivity index (χ3v) is 2.93. The summed E-state index contributed by atoms with van der Waals surface area (Å²) in [7, 11) is 0. The summed E-state index contributed by atoms with van der Waals surface area (Å²) in [6, 6.07) is 6.63. The smallest absolute Gasteiger partial charge is 0.123 e. The van der Waals surface area contributed by atoms with Gasteiger partial charge in [-0.15, -0.1) is 0 Å². The number of piperidine rings is 1. The average Bonchev–Trinajstić information content (AvgIpc) is 2.22. The van der Waals surface area contributed by atoms with Gasteiger partial charge in [-0.25, -0.2) is 4.39 Å². The summed E-state index contributed by atoms with van der Waals surface area (Å²) in [5.41, 5.74) is 1.15. The van der Waals surface area contributed by atoms with Crippen LogP contribution in [0.5, 0.6) is 0 Å². The van der Waals surface area contributed by atoms with Crippen molar-refractivity contribution in [2.45, 2.75) is 25.5 Å². The molecule has 1 aliphatic rings. The van der Waals surface area contributed by atoms with E-state index in [1.54, 1.807) is 0 Å². The van der Waals surface area contributed by atoms with Gasteiger partial charge in [-0.2, -0.15) is 0 Å². The van der Waals surface area contributed by atoms with Gasteiger partial charge in [-0.05, 0) is 49.4 Å². The highest BCUT2D eigenvalue weighted by Crippen LogP contribution is 2.20. The van der Waals surface area contributed by atoms with Gasteiger partial charge in [0.05, 0.1) is 0 Å². The molecule has 2 N–H and O–H groups in total. The van der Waals surface area contributed by atoms with Crippen molar-refractivity contribution in [3.8, 4) is 0 Å². The molecule has 1 heterocycles. The molecule has 82 valence electrons. The number of benzene rings is 1. The second-order valence-corrected chi connectivity index (χ2v) is 4.19. The quantitative estimate of drug-likeness (QED) is 0.776. The van der Waals surface area contributed by atoms with E-state index < -0.39 is 0 Å². The lowest BCUT2D eigenvalue weighted by Crippen LogP contribution is -2.38. The fraction of sp³-hybridized carbons (Fsp3) is 0.500. The van der Waals surface area contributed by atoms with Gasteiger partial charge in [0, 0.05) is 0 Å². The highest BCUT2D eigenvalue weighted by Gasteiger charge is 2.19. The molecule has 0 bridgehead atoms. The van der Waals surface area contributed by atoms with Crippen molar-refractivity contribution in [3.05, 3.63) is 35.6 Å². The molecule has 0 saturated carbocycles. The molecule has 2 rings (SSSR count). The Morgan fingerprint density at radius 3 is 2.73 bits per heavy atom. The first-order chi connectivity index (χ1) is 7.24. The van der Waals surface area contributed by atoms with Crippen LogP contribution in [0.25, 0.3) is 0 Å². The molecule has 1 aliphatic heterocycles. The van der Waals surface area contributed by atoms with Crippen LogP contribution in [0.2, 0.25) is 0 Å². The van der Waals surface area contributed by atoms with Crippen LogP contribution >= 0.6 is 0 Å². The summed E-state index contributed by atoms with van der Waals surface area (Å²) in [4.78, 5) is 0. The van der Waals surface area contributed by atoms with E-state index in [9.17, 15) is 9.50 Å². The van der Waals surface area contributed by atoms with Crippen LogP contribution in [0.4, 0.5) is 4.39 Å². The summed E-state index contributed by atoms with van der Waals surface area (Å²) in [5, 5.41) is 12.4. The van der Waals surface area contributed by atoms with Crippen molar-refractivity contribution < 1.29 is 9.50 Å². The summed E-state index contributed by atoms with van der Waals surface area (Å²) < 4.78 is 12.7. The van der Waals surface area contributed by atoms with E-state index >= 15 is 0 Å². The predicted octanol–water partition coefficient (Wildman–Crippen LogP) is 1.69. The van der Waals surface area contributed by atoms with Crippen molar-refractivity contribution in [2.24, 2.45) is 5.92 Å². The molecule has 2 nitrogen and oxygen atoms in total. The predicted molar refractivity (Wildman–Crippen MR) is 56.8 cm³/mol. The number of nitrogens with one attached hydrogen (secondary N) is 1. The molecular weight excluding hydrogens is 193 g/mol. The van der Waals surface area contributed by atoms with E-state index in [0.717, 1.165) is 31.4 Å². The lowest BCUT2D eigenvalue weighted by molar-refractivity contribution is 0.0811. The molecule has 0 radical (unpaired) electrons. The second-order valence-electron chi connectivity index (χ2n) is 4.19. The SMILES string of the molecule is OC1CC(Cc2ccc(F)cc2)CCN1. The van der Waals surface area contributed by atoms with Crippen molar-refractivity contribution in [1.82, 2.24) is 5.32 Å². The number of halogens is 1. The maximum atomic E-state index is 12.7. The Balaban J connectivity index is 1.93. The lowest BCUT2D eigenvalue weighted by Gasteiger charge is -2.26. The molecule has 1 saturated heterocycles. The molecule has 15 heavy (non-hydrogen) atoms. The van der Waals surface area contributed by atoms with E-state index in [0.29, 0.717) is 5.92 Å². The molecule has 0 amide bonds. The van der Waals surface area contributed by atoms with Crippen LogP contribution in [0.3, 0.4) is 0 Å². The molecule has 0 aromatic heterocycles. The van der Waals surface area contributed by atoms with Crippen molar-refractivity contribution in [2.75, 3.05) is 6.54 Å². The zero-order valence-corrected chi connectivity index (χ0v) is 8.62. The first-order valence-corrected chi connectivity index (χ1v) is 5.40. The molecule has 2 unspecified atom stereocenters. The summed E-state index contributed by atoms with van der Waals surface area (Å²) in [5.74, 6) is 0.316. The Kier molecular flexibility index (Phi) is 3.34. The first-order valence-electron chi connectivity index (χ1n) is 5.40. The third kappa shape index (κ3) is 3.01. The van der Waals surface area contributed by atoms with Crippen molar-refractivity contribution >= 4 is 0 Å². The summed E-state index contributed by atoms with van der Waals surface area (Å²) in [6.07, 6.45) is 2.43. The Bertz CT molecular complexity index is 312. The fourth-order valence-corrected chi connectivity index (χ4v) is 2.11. The standard InChI is InChI=1S/C12H16FNO/c13-11-3-1-9(2-4-11)7-10-5-6-14-12(15)8-10/h1-4,10,12,14-15H,5-8H2. The van der Waals surface area contributed by atoms with Crippen LogP contribution in [0.1, 0.15) is 18.4 Å². The lowest BCUT2D eigenvalue weighted by atomic mass is 9.90. The Hall–Kier alpha value is -0.930. The maximum absolute atomic E-state index is 12.7. The molecule has 1 aromatic rings. The van der Waals surface area contributed by atoms with Gasteiger partial charge in [0.2, 0.25) is 0 Å². The van der Waals surface area contributed by atoms with E-state index in [1.807, 2.05) is 12.1 Å². The third-order valence-electron chi connectivity index (χ3n) is 2.93. The van der Waals surface area contributed by atoms with E-state index in [-0.39, 0.29) is 12.0 Å². The molecule has 1 aromatic carbocycles. The number of rotatable bonds is 2. The average molecular weight is 209 g/mol. The van der Waals surface area contributed by atoms with Gasteiger partial charge in [0.25, 0.3) is 0 Å². The Morgan fingerprint density at radius 2 is 2.07 bits per heavy atom. The largest absolute Gasteiger partial charge is 0.379 e. The van der Waals surface area contributed by atoms with Gasteiger partial charge in [-0.1, -0.05) is 12.1 Å². The summed E-state index contributed by atoms with van der Waals surface area (Å²) in [6.45, 7) is 0.868. The van der Waals surface area contributed by atoms with Crippen LogP contribution < -0.4 is 5.32 Å². The highest BCUT2D eigenvalue weighted by molar-refractivity contribution is 5.16. The van der Waals surface area contributed by atoms with Gasteiger partial charge < -0.3 is 5.11 Å². The summed E-state index contributed by atoms with van der Waals surface area (Å²) >= 11 is 0. The molecule has 1 fully saturated rings. The minimum Gasteiger partial charge on any atom is -0.379 e. The van der Waals surface area contributed by atoms with Crippen LogP contribution in [-0.2, 0) is 6.42 Å². The molecule has 0 aliphatic carbocycles. The molecular formula is C12H16FNO. The second kappa shape index (κ2) is 4.73. The van der Waals surface area contributed by atoms with Crippen molar-refractivity contribution in [3.63, 3.8) is 0 Å². The zero-order chi connectivity index (χ0) is 10.7. The Labute approximate surface area is 89.1 Å². The number of hydrogen-bond donors (Lipinski definition) is 2. The normalized spacial score (nSPS) is 26.5. The number of aliphatic hydroxyl groups is 1. The van der Waals surface area contributed by atoms with Gasteiger partial charge >= 0.3 is 0 Å². The van der Waals surface area contributed by atoms with Gasteiger partial charge in [0.15, 0.2) is 0 Å². The number of aliphatic hydroxyl groups excluding tert-OH is 1.